The average molecular weight is 373 g/mol. The summed E-state index contributed by atoms with van der Waals surface area (Å²) in [6.45, 7) is 0. The van der Waals surface area contributed by atoms with Crippen molar-refractivity contribution < 1.29 is 28.6 Å². The molecule has 27 heavy (non-hydrogen) atoms. The Labute approximate surface area is 155 Å². The van der Waals surface area contributed by atoms with E-state index in [2.05, 4.69) is 10.7 Å². The minimum absolute atomic E-state index is 0.204. The van der Waals surface area contributed by atoms with Crippen molar-refractivity contribution in [2.75, 3.05) is 26.6 Å². The lowest BCUT2D eigenvalue weighted by Crippen LogP contribution is -2.46. The highest BCUT2D eigenvalue weighted by Crippen LogP contribution is 2.28. The first-order valence-corrected chi connectivity index (χ1v) is 7.76. The van der Waals surface area contributed by atoms with Gasteiger partial charge in [-0.25, -0.2) is 0 Å². The molecule has 0 fully saturated rings. The van der Waals surface area contributed by atoms with Crippen molar-refractivity contribution in [3.05, 3.63) is 48.0 Å². The van der Waals surface area contributed by atoms with Crippen LogP contribution in [0.3, 0.4) is 0 Å². The van der Waals surface area contributed by atoms with E-state index >= 15 is 0 Å². The Kier molecular flexibility index (Phi) is 6.59. The first-order valence-electron chi connectivity index (χ1n) is 7.76. The van der Waals surface area contributed by atoms with Crippen LogP contribution in [0.4, 0.5) is 5.69 Å². The van der Waals surface area contributed by atoms with Crippen LogP contribution in [-0.4, -0.2) is 39.1 Å². The highest BCUT2D eigenvalue weighted by Gasteiger charge is 2.18. The molecular weight excluding hydrogens is 354 g/mol. The third-order valence-corrected chi connectivity index (χ3v) is 3.50. The molecule has 2 aromatic carbocycles. The van der Waals surface area contributed by atoms with Gasteiger partial charge >= 0.3 is 11.8 Å². The summed E-state index contributed by atoms with van der Waals surface area (Å²) >= 11 is 0. The number of hydrazine groups is 1. The van der Waals surface area contributed by atoms with Crippen LogP contribution in [0, 0.1) is 0 Å². The van der Waals surface area contributed by atoms with E-state index in [-0.39, 0.29) is 11.3 Å². The van der Waals surface area contributed by atoms with Crippen molar-refractivity contribution in [2.24, 2.45) is 0 Å². The van der Waals surface area contributed by atoms with Gasteiger partial charge in [0.2, 0.25) is 0 Å². The Morgan fingerprint density at radius 1 is 0.778 bits per heavy atom. The number of carbonyl (C=O) groups excluding carboxylic acids is 3. The van der Waals surface area contributed by atoms with Gasteiger partial charge in [0, 0.05) is 6.07 Å². The lowest BCUT2D eigenvalue weighted by atomic mass is 10.2. The van der Waals surface area contributed by atoms with Crippen molar-refractivity contribution in [3.63, 3.8) is 0 Å². The minimum atomic E-state index is -1.07. The molecule has 9 nitrogen and oxygen atoms in total. The fourth-order valence-electron chi connectivity index (χ4n) is 2.16. The van der Waals surface area contributed by atoms with Crippen LogP contribution in [0.1, 0.15) is 10.4 Å². The molecular formula is C18H19N3O6. The zero-order valence-corrected chi connectivity index (χ0v) is 15.0. The molecule has 0 bridgehead atoms. The van der Waals surface area contributed by atoms with E-state index in [1.54, 1.807) is 30.3 Å². The van der Waals surface area contributed by atoms with Gasteiger partial charge in [-0.3, -0.25) is 25.2 Å². The summed E-state index contributed by atoms with van der Waals surface area (Å²) in [5.41, 5.74) is 4.64. The summed E-state index contributed by atoms with van der Waals surface area (Å²) in [6.07, 6.45) is 0. The number of ether oxygens (including phenoxy) is 3. The standard InChI is InChI=1S/C18H19N3O6/c1-25-11-8-9-15(27-3)13(10-11)19-17(23)18(24)21-20-16(22)12-6-4-5-7-14(12)26-2/h4-10H,1-3H3,(H,19,23)(H,20,22)(H,21,24). The molecule has 0 atom stereocenters. The molecule has 2 rings (SSSR count). The molecule has 0 radical (unpaired) electrons. The number of hydrogen-bond donors (Lipinski definition) is 3. The first-order chi connectivity index (χ1) is 13.0. The lowest BCUT2D eigenvalue weighted by Gasteiger charge is -2.12. The predicted molar refractivity (Wildman–Crippen MR) is 96.8 cm³/mol. The second-order valence-electron chi connectivity index (χ2n) is 5.13. The van der Waals surface area contributed by atoms with Crippen molar-refractivity contribution in [1.29, 1.82) is 0 Å². The van der Waals surface area contributed by atoms with Crippen LogP contribution in [0.5, 0.6) is 17.2 Å². The van der Waals surface area contributed by atoms with Crippen LogP contribution in [-0.2, 0) is 9.59 Å². The zero-order chi connectivity index (χ0) is 19.8. The summed E-state index contributed by atoms with van der Waals surface area (Å²) in [5.74, 6) is -1.56. The van der Waals surface area contributed by atoms with Gasteiger partial charge in [0.25, 0.3) is 5.91 Å². The van der Waals surface area contributed by atoms with E-state index in [0.29, 0.717) is 17.2 Å². The maximum absolute atomic E-state index is 12.1. The molecule has 0 heterocycles. The Morgan fingerprint density at radius 3 is 2.15 bits per heavy atom. The summed E-state index contributed by atoms with van der Waals surface area (Å²) in [5, 5.41) is 2.39. The van der Waals surface area contributed by atoms with Crippen LogP contribution in [0.2, 0.25) is 0 Å². The Hall–Kier alpha value is -3.75. The second kappa shape index (κ2) is 9.09. The molecule has 0 saturated heterocycles. The summed E-state index contributed by atoms with van der Waals surface area (Å²) in [7, 11) is 4.30. The smallest absolute Gasteiger partial charge is 0.328 e. The lowest BCUT2D eigenvalue weighted by molar-refractivity contribution is -0.136. The van der Waals surface area contributed by atoms with Crippen LogP contribution in [0.25, 0.3) is 0 Å². The van der Waals surface area contributed by atoms with Crippen LogP contribution in [0.15, 0.2) is 42.5 Å². The molecule has 3 N–H and O–H groups in total. The number of rotatable bonds is 5. The van der Waals surface area contributed by atoms with Crippen molar-refractivity contribution in [1.82, 2.24) is 10.9 Å². The molecule has 0 spiro atoms. The highest BCUT2D eigenvalue weighted by atomic mass is 16.5. The summed E-state index contributed by atoms with van der Waals surface area (Å²) in [4.78, 5) is 36.1. The van der Waals surface area contributed by atoms with E-state index in [1.165, 1.54) is 33.5 Å². The van der Waals surface area contributed by atoms with Crippen molar-refractivity contribution in [3.8, 4) is 17.2 Å². The monoisotopic (exact) mass is 373 g/mol. The molecule has 142 valence electrons. The third-order valence-electron chi connectivity index (χ3n) is 3.50. The molecule has 0 saturated carbocycles. The van der Waals surface area contributed by atoms with Gasteiger partial charge in [-0.05, 0) is 24.3 Å². The van der Waals surface area contributed by atoms with E-state index < -0.39 is 17.7 Å². The van der Waals surface area contributed by atoms with E-state index in [9.17, 15) is 14.4 Å². The number of anilines is 1. The molecule has 0 aliphatic carbocycles. The number of benzene rings is 2. The largest absolute Gasteiger partial charge is 0.497 e. The fourth-order valence-corrected chi connectivity index (χ4v) is 2.16. The van der Waals surface area contributed by atoms with Crippen LogP contribution >= 0.6 is 0 Å². The summed E-state index contributed by atoms with van der Waals surface area (Å²) in [6, 6.07) is 11.2. The van der Waals surface area contributed by atoms with Gasteiger partial charge in [0.05, 0.1) is 32.6 Å². The van der Waals surface area contributed by atoms with Crippen LogP contribution < -0.4 is 30.4 Å². The number of methoxy groups -OCH3 is 3. The molecule has 0 aliphatic heterocycles. The van der Waals surface area contributed by atoms with Gasteiger partial charge in [0.1, 0.15) is 17.2 Å². The fraction of sp³-hybridized carbons (Fsp3) is 0.167. The number of nitrogens with one attached hydrogen (secondary N) is 3. The van der Waals surface area contributed by atoms with Crippen molar-refractivity contribution in [2.45, 2.75) is 0 Å². The molecule has 0 aliphatic rings. The Balaban J connectivity index is 2.00. The average Bonchev–Trinajstić information content (AvgIpc) is 2.71. The number of carbonyl (C=O) groups is 3. The van der Waals surface area contributed by atoms with Gasteiger partial charge in [-0.15, -0.1) is 0 Å². The first kappa shape index (κ1) is 19.6. The Morgan fingerprint density at radius 2 is 1.48 bits per heavy atom. The van der Waals surface area contributed by atoms with E-state index in [4.69, 9.17) is 14.2 Å². The third kappa shape index (κ3) is 4.88. The Bertz CT molecular complexity index is 853. The SMILES string of the molecule is COc1ccc(OC)c(NC(=O)C(=O)NNC(=O)c2ccccc2OC)c1. The zero-order valence-electron chi connectivity index (χ0n) is 15.0. The van der Waals surface area contributed by atoms with E-state index in [1.807, 2.05) is 5.43 Å². The quantitative estimate of drug-likeness (QED) is 0.534. The predicted octanol–water partition coefficient (Wildman–Crippen LogP) is 1.11. The maximum Gasteiger partial charge on any atom is 0.328 e. The molecule has 0 aromatic heterocycles. The van der Waals surface area contributed by atoms with Gasteiger partial charge < -0.3 is 19.5 Å². The van der Waals surface area contributed by atoms with Gasteiger partial charge in [-0.1, -0.05) is 12.1 Å². The summed E-state index contributed by atoms with van der Waals surface area (Å²) < 4.78 is 15.3. The van der Waals surface area contributed by atoms with Gasteiger partial charge in [0.15, 0.2) is 0 Å². The topological polar surface area (TPSA) is 115 Å². The second-order valence-corrected chi connectivity index (χ2v) is 5.13. The number of para-hydroxylation sites is 1. The van der Waals surface area contributed by atoms with Crippen molar-refractivity contribution >= 4 is 23.4 Å². The van der Waals surface area contributed by atoms with Gasteiger partial charge in [-0.2, -0.15) is 0 Å². The molecule has 9 heteroatoms. The maximum atomic E-state index is 12.1. The normalized spacial score (nSPS) is 9.74. The number of hydrogen-bond acceptors (Lipinski definition) is 6. The molecule has 2 aromatic rings. The number of amides is 3. The molecule has 3 amide bonds. The highest BCUT2D eigenvalue weighted by molar-refractivity contribution is 6.39. The van der Waals surface area contributed by atoms with E-state index in [0.717, 1.165) is 0 Å². The molecule has 0 unspecified atom stereocenters. The minimum Gasteiger partial charge on any atom is -0.497 e.